The number of halogens is 1. The van der Waals surface area contributed by atoms with Crippen LogP contribution in [0, 0.1) is 24.3 Å². The van der Waals surface area contributed by atoms with Gasteiger partial charge in [-0.25, -0.2) is 19.6 Å². The minimum Gasteiger partial charge on any atom is -0.506 e. The van der Waals surface area contributed by atoms with Gasteiger partial charge in [-0.05, 0) is 135 Å². The number of carbonyl (C=O) groups excluding carboxylic acids is 2. The number of hydrogen-bond donors (Lipinski definition) is 1. The fourth-order valence-electron chi connectivity index (χ4n) is 9.70. The lowest BCUT2D eigenvalue weighted by atomic mass is 9.78. The summed E-state index contributed by atoms with van der Waals surface area (Å²) < 4.78 is 11.5. The van der Waals surface area contributed by atoms with Gasteiger partial charge >= 0.3 is 6.03 Å². The Bertz CT molecular complexity index is 2200. The summed E-state index contributed by atoms with van der Waals surface area (Å²) in [6.45, 7) is 20.3. The van der Waals surface area contributed by atoms with Gasteiger partial charge in [0.05, 0.1) is 24.4 Å². The quantitative estimate of drug-likeness (QED) is 0.140. The number of aromatic nitrogens is 2. The smallest absolute Gasteiger partial charge is 0.328 e. The first kappa shape index (κ1) is 42.3. The molecule has 320 valence electrons. The van der Waals surface area contributed by atoms with Crippen molar-refractivity contribution >= 4 is 46.5 Å². The van der Waals surface area contributed by atoms with Crippen LogP contribution in [0.1, 0.15) is 75.6 Å². The summed E-state index contributed by atoms with van der Waals surface area (Å²) in [5.41, 5.74) is 4.92. The largest absolute Gasteiger partial charge is 0.506 e. The molecule has 8 rings (SSSR count). The van der Waals surface area contributed by atoms with Crippen LogP contribution in [0.3, 0.4) is 0 Å². The van der Waals surface area contributed by atoms with E-state index in [1.807, 2.05) is 48.7 Å². The van der Waals surface area contributed by atoms with Gasteiger partial charge in [-0.2, -0.15) is 0 Å². The molecule has 12 nitrogen and oxygen atoms in total. The summed E-state index contributed by atoms with van der Waals surface area (Å²) in [5.74, 6) is 4.04. The minimum atomic E-state index is -0.390. The number of ether oxygens (including phenoxy) is 2. The molecule has 0 atom stereocenters. The number of carbonyl (C=O) groups is 2. The lowest BCUT2D eigenvalue weighted by molar-refractivity contribution is -0.120. The zero-order valence-corrected chi connectivity index (χ0v) is 36.4. The van der Waals surface area contributed by atoms with Crippen molar-refractivity contribution in [3.8, 4) is 11.5 Å². The van der Waals surface area contributed by atoms with Crippen LogP contribution in [-0.4, -0.2) is 86.3 Å². The number of hydrogen-bond acceptors (Lipinski definition) is 9. The van der Waals surface area contributed by atoms with Gasteiger partial charge in [0, 0.05) is 68.7 Å². The Labute approximate surface area is 365 Å². The van der Waals surface area contributed by atoms with E-state index in [0.29, 0.717) is 41.9 Å². The molecule has 4 aromatic rings. The van der Waals surface area contributed by atoms with Gasteiger partial charge in [-0.15, -0.1) is 0 Å². The first-order chi connectivity index (χ1) is 29.6. The fourth-order valence-corrected chi connectivity index (χ4v) is 10.00. The fraction of sp³-hybridized carbons (Fsp3) is 0.479. The topological polar surface area (TPSA) is 108 Å². The maximum Gasteiger partial charge on any atom is 0.328 e. The first-order valence-corrected chi connectivity index (χ1v) is 22.2. The van der Waals surface area contributed by atoms with Crippen LogP contribution < -0.4 is 29.5 Å². The molecule has 0 unspecified atom stereocenters. The lowest BCUT2D eigenvalue weighted by Crippen LogP contribution is -2.49. The number of benzene rings is 3. The van der Waals surface area contributed by atoms with Gasteiger partial charge in [0.15, 0.2) is 0 Å². The Kier molecular flexibility index (Phi) is 13.0. The third kappa shape index (κ3) is 9.74. The van der Waals surface area contributed by atoms with E-state index in [9.17, 15) is 9.59 Å². The van der Waals surface area contributed by atoms with E-state index in [0.717, 1.165) is 85.1 Å². The second kappa shape index (κ2) is 18.7. The summed E-state index contributed by atoms with van der Waals surface area (Å²) in [7, 11) is 1.53. The third-order valence-corrected chi connectivity index (χ3v) is 13.8. The summed E-state index contributed by atoms with van der Waals surface area (Å²) in [4.78, 5) is 46.1. The number of urea groups is 1. The second-order valence-electron chi connectivity index (χ2n) is 17.6. The van der Waals surface area contributed by atoms with Gasteiger partial charge < -0.3 is 24.2 Å². The van der Waals surface area contributed by atoms with Crippen LogP contribution in [0.2, 0.25) is 5.02 Å². The Morgan fingerprint density at radius 1 is 0.820 bits per heavy atom. The monoisotopic (exact) mass is 844 g/mol. The number of imide groups is 1. The highest BCUT2D eigenvalue weighted by Gasteiger charge is 2.32. The highest BCUT2D eigenvalue weighted by atomic mass is 35.5. The van der Waals surface area contributed by atoms with Crippen molar-refractivity contribution in [2.75, 3.05) is 74.2 Å². The van der Waals surface area contributed by atoms with Crippen LogP contribution in [0.25, 0.3) is 4.85 Å². The van der Waals surface area contributed by atoms with Gasteiger partial charge in [0.25, 0.3) is 0 Å². The summed E-state index contributed by atoms with van der Waals surface area (Å²) in [6, 6.07) is 21.6. The van der Waals surface area contributed by atoms with E-state index < -0.39 is 0 Å². The number of amides is 3. The van der Waals surface area contributed by atoms with Crippen molar-refractivity contribution in [1.29, 1.82) is 0 Å². The molecule has 0 bridgehead atoms. The predicted octanol–water partition coefficient (Wildman–Crippen LogP) is 8.89. The van der Waals surface area contributed by atoms with Crippen molar-refractivity contribution in [1.82, 2.24) is 20.2 Å². The van der Waals surface area contributed by atoms with Crippen LogP contribution in [0.15, 0.2) is 72.9 Å². The second-order valence-corrected chi connectivity index (χ2v) is 18.0. The molecule has 0 spiro atoms. The Morgan fingerprint density at radius 3 is 2.13 bits per heavy atom. The maximum absolute atomic E-state index is 12.3. The van der Waals surface area contributed by atoms with Crippen molar-refractivity contribution in [2.45, 2.75) is 70.8 Å². The van der Waals surface area contributed by atoms with Crippen LogP contribution in [0.4, 0.5) is 27.8 Å². The van der Waals surface area contributed by atoms with E-state index in [4.69, 9.17) is 32.6 Å². The number of nitrogens with zero attached hydrogens (tertiary/aromatic N) is 7. The molecule has 5 heterocycles. The standard InChI is InChI=1S/C48H57ClN8O4/c1-48(2,37-29-42(49)45(60-4)43(30-37)50-3)36-5-11-41(12-6-36)61-32-38-13-21-51-46(52-38)56-24-14-33(15-25-56)31-54-22-16-34(17-23-54)35-18-26-55(27-19-35)39-7-9-40(10-8-39)57-28-20-44(58)53-47(57)59/h5-13,21,29-30,33-35H,14-20,22-28,31-32H2,1-2,4H3,(H,53,58,59). The average Bonchev–Trinajstić information content (AvgIpc) is 3.29. The molecule has 3 amide bonds. The van der Waals surface area contributed by atoms with Crippen molar-refractivity contribution in [3.63, 3.8) is 0 Å². The van der Waals surface area contributed by atoms with Gasteiger partial charge in [-0.3, -0.25) is 15.0 Å². The third-order valence-electron chi connectivity index (χ3n) is 13.6. The SMILES string of the molecule is [C-]#[N+]c1cc(C(C)(C)c2ccc(OCc3ccnc(N4CCC(CN5CCC(C6CCN(c7ccc(N8CCC(=O)NC8=O)cc7)CC6)CC5)CC4)n3)cc2)cc(Cl)c1OC. The Balaban J connectivity index is 0.747. The van der Waals surface area contributed by atoms with Crippen molar-refractivity contribution in [3.05, 3.63) is 106 Å². The van der Waals surface area contributed by atoms with E-state index in [2.05, 4.69) is 68.0 Å². The molecule has 13 heteroatoms. The average molecular weight is 845 g/mol. The molecule has 4 saturated heterocycles. The molecule has 1 N–H and O–H groups in total. The first-order valence-electron chi connectivity index (χ1n) is 21.8. The van der Waals surface area contributed by atoms with E-state index in [1.54, 1.807) is 4.90 Å². The Morgan fingerprint density at radius 2 is 1.48 bits per heavy atom. The molecule has 4 aliphatic heterocycles. The predicted molar refractivity (Wildman–Crippen MR) is 240 cm³/mol. The summed E-state index contributed by atoms with van der Waals surface area (Å²) in [6.07, 6.45) is 9.54. The van der Waals surface area contributed by atoms with E-state index in [1.165, 1.54) is 58.1 Å². The van der Waals surface area contributed by atoms with Gasteiger partial charge in [0.2, 0.25) is 17.5 Å². The lowest BCUT2D eigenvalue weighted by Gasteiger charge is -2.42. The summed E-state index contributed by atoms with van der Waals surface area (Å²) in [5, 5.41) is 2.84. The minimum absolute atomic E-state index is 0.209. The number of piperidine rings is 3. The highest BCUT2D eigenvalue weighted by molar-refractivity contribution is 6.32. The summed E-state index contributed by atoms with van der Waals surface area (Å²) >= 11 is 6.48. The molecule has 61 heavy (non-hydrogen) atoms. The van der Waals surface area contributed by atoms with Crippen molar-refractivity contribution < 1.29 is 19.1 Å². The zero-order chi connectivity index (χ0) is 42.5. The van der Waals surface area contributed by atoms with Crippen LogP contribution in [-0.2, 0) is 16.8 Å². The van der Waals surface area contributed by atoms with Crippen LogP contribution >= 0.6 is 11.6 Å². The number of likely N-dealkylation sites (tertiary alicyclic amines) is 1. The molecule has 0 radical (unpaired) electrons. The number of rotatable bonds is 12. The normalized spacial score (nSPS) is 18.8. The molecule has 0 saturated carbocycles. The van der Waals surface area contributed by atoms with Gasteiger partial charge in [-0.1, -0.05) is 37.6 Å². The van der Waals surface area contributed by atoms with E-state index >= 15 is 0 Å². The number of methoxy groups -OCH3 is 1. The molecule has 3 aromatic carbocycles. The molecule has 4 fully saturated rings. The Hall–Kier alpha value is -5.38. The molecule has 1 aromatic heterocycles. The van der Waals surface area contributed by atoms with Crippen molar-refractivity contribution in [2.24, 2.45) is 17.8 Å². The number of nitrogens with one attached hydrogen (secondary N) is 1. The van der Waals surface area contributed by atoms with E-state index in [-0.39, 0.29) is 17.4 Å². The maximum atomic E-state index is 12.3. The van der Waals surface area contributed by atoms with Gasteiger partial charge in [0.1, 0.15) is 18.1 Å². The molecular formula is C48H57ClN8O4. The highest BCUT2D eigenvalue weighted by Crippen LogP contribution is 2.42. The molecule has 0 aliphatic carbocycles. The zero-order valence-electron chi connectivity index (χ0n) is 35.6. The molecular weight excluding hydrogens is 788 g/mol. The number of anilines is 3. The molecule has 4 aliphatic rings. The van der Waals surface area contributed by atoms with Crippen LogP contribution in [0.5, 0.6) is 11.5 Å².